The summed E-state index contributed by atoms with van der Waals surface area (Å²) in [6, 6.07) is 7.15. The lowest BCUT2D eigenvalue weighted by Crippen LogP contribution is -2.38. The van der Waals surface area contributed by atoms with E-state index in [1.807, 2.05) is 0 Å². The summed E-state index contributed by atoms with van der Waals surface area (Å²) in [6.45, 7) is 4.57. The van der Waals surface area contributed by atoms with Crippen LogP contribution in [-0.2, 0) is 0 Å². The molecule has 1 N–H and O–H groups in total. The third-order valence-corrected chi connectivity index (χ3v) is 3.93. The molecular weight excluding hydrogens is 228 g/mol. The van der Waals surface area contributed by atoms with Crippen molar-refractivity contribution >= 4 is 11.4 Å². The molecule has 1 aliphatic carbocycles. The van der Waals surface area contributed by atoms with Gasteiger partial charge in [-0.15, -0.1) is 0 Å². The van der Waals surface area contributed by atoms with Crippen molar-refractivity contribution in [3.63, 3.8) is 0 Å². The molecule has 0 radical (unpaired) electrons. The van der Waals surface area contributed by atoms with Crippen molar-refractivity contribution in [3.8, 4) is 0 Å². The SMILES string of the molecule is CC1(C)CCCCC1Nc1ccc([N+](=O)[O-])cc1. The molecule has 0 saturated heterocycles. The van der Waals surface area contributed by atoms with Gasteiger partial charge in [0, 0.05) is 23.9 Å². The Hall–Kier alpha value is -1.58. The van der Waals surface area contributed by atoms with Gasteiger partial charge in [-0.2, -0.15) is 0 Å². The normalized spacial score (nSPS) is 22.4. The van der Waals surface area contributed by atoms with Crippen LogP contribution in [0.2, 0.25) is 0 Å². The van der Waals surface area contributed by atoms with Crippen LogP contribution in [-0.4, -0.2) is 11.0 Å². The van der Waals surface area contributed by atoms with E-state index in [0.29, 0.717) is 11.5 Å². The van der Waals surface area contributed by atoms with Gasteiger partial charge < -0.3 is 5.32 Å². The van der Waals surface area contributed by atoms with Crippen molar-refractivity contribution in [2.24, 2.45) is 5.41 Å². The van der Waals surface area contributed by atoms with Gasteiger partial charge in [0.05, 0.1) is 4.92 Å². The number of benzene rings is 1. The quantitative estimate of drug-likeness (QED) is 0.650. The lowest BCUT2D eigenvalue weighted by atomic mass is 9.73. The molecule has 0 bridgehead atoms. The van der Waals surface area contributed by atoms with Crippen LogP contribution in [0.15, 0.2) is 24.3 Å². The summed E-state index contributed by atoms with van der Waals surface area (Å²) in [6.07, 6.45) is 4.96. The third-order valence-electron chi connectivity index (χ3n) is 3.93. The maximum Gasteiger partial charge on any atom is 0.269 e. The van der Waals surface area contributed by atoms with Gasteiger partial charge in [-0.3, -0.25) is 10.1 Å². The topological polar surface area (TPSA) is 55.2 Å². The van der Waals surface area contributed by atoms with Gasteiger partial charge in [-0.25, -0.2) is 0 Å². The Kier molecular flexibility index (Phi) is 3.55. The highest BCUT2D eigenvalue weighted by atomic mass is 16.6. The van der Waals surface area contributed by atoms with Crippen LogP contribution in [0, 0.1) is 15.5 Å². The van der Waals surface area contributed by atoms with Crippen molar-refractivity contribution in [1.29, 1.82) is 0 Å². The highest BCUT2D eigenvalue weighted by Gasteiger charge is 2.31. The van der Waals surface area contributed by atoms with Crippen LogP contribution in [0.5, 0.6) is 0 Å². The molecule has 1 aromatic carbocycles. The molecule has 1 atom stereocenters. The minimum absolute atomic E-state index is 0.142. The lowest BCUT2D eigenvalue weighted by Gasteiger charge is -2.39. The maximum atomic E-state index is 10.6. The summed E-state index contributed by atoms with van der Waals surface area (Å²) in [5.41, 5.74) is 1.41. The van der Waals surface area contributed by atoms with Crippen LogP contribution in [0.25, 0.3) is 0 Å². The number of nitrogens with one attached hydrogen (secondary N) is 1. The molecule has 0 heterocycles. The van der Waals surface area contributed by atoms with Gasteiger partial charge in [0.25, 0.3) is 5.69 Å². The predicted octanol–water partition coefficient (Wildman–Crippen LogP) is 3.98. The summed E-state index contributed by atoms with van der Waals surface area (Å²) in [5, 5.41) is 14.1. The number of hydrogen-bond acceptors (Lipinski definition) is 3. The Bertz CT molecular complexity index is 426. The van der Waals surface area contributed by atoms with Gasteiger partial charge in [-0.05, 0) is 30.4 Å². The lowest BCUT2D eigenvalue weighted by molar-refractivity contribution is -0.384. The van der Waals surface area contributed by atoms with Crippen molar-refractivity contribution in [3.05, 3.63) is 34.4 Å². The van der Waals surface area contributed by atoms with E-state index >= 15 is 0 Å². The van der Waals surface area contributed by atoms with Crippen LogP contribution in [0.3, 0.4) is 0 Å². The van der Waals surface area contributed by atoms with E-state index in [9.17, 15) is 10.1 Å². The average molecular weight is 248 g/mol. The molecule has 1 aromatic rings. The Morgan fingerprint density at radius 3 is 2.50 bits per heavy atom. The van der Waals surface area contributed by atoms with Gasteiger partial charge >= 0.3 is 0 Å². The number of anilines is 1. The molecule has 1 aliphatic rings. The van der Waals surface area contributed by atoms with Gasteiger partial charge in [0.2, 0.25) is 0 Å². The Balaban J connectivity index is 2.06. The third kappa shape index (κ3) is 2.81. The molecule has 18 heavy (non-hydrogen) atoms. The highest BCUT2D eigenvalue weighted by molar-refractivity contribution is 5.49. The molecule has 4 nitrogen and oxygen atoms in total. The van der Waals surface area contributed by atoms with Crippen molar-refractivity contribution in [2.45, 2.75) is 45.6 Å². The first-order valence-electron chi connectivity index (χ1n) is 6.50. The molecule has 0 spiro atoms. The summed E-state index contributed by atoms with van der Waals surface area (Å²) in [5.74, 6) is 0. The van der Waals surface area contributed by atoms with E-state index in [2.05, 4.69) is 19.2 Å². The molecule has 0 aromatic heterocycles. The number of nitro groups is 1. The number of rotatable bonds is 3. The smallest absolute Gasteiger partial charge is 0.269 e. The van der Waals surface area contributed by atoms with E-state index in [1.165, 1.54) is 25.7 Å². The molecule has 2 rings (SSSR count). The molecule has 0 aliphatic heterocycles. The highest BCUT2D eigenvalue weighted by Crippen LogP contribution is 2.37. The molecule has 98 valence electrons. The van der Waals surface area contributed by atoms with E-state index in [0.717, 1.165) is 5.69 Å². The zero-order chi connectivity index (χ0) is 13.2. The second-order valence-corrected chi connectivity index (χ2v) is 5.74. The number of non-ortho nitro benzene ring substituents is 1. The summed E-state index contributed by atoms with van der Waals surface area (Å²) in [4.78, 5) is 10.2. The first-order chi connectivity index (χ1) is 8.49. The second-order valence-electron chi connectivity index (χ2n) is 5.74. The Morgan fingerprint density at radius 1 is 1.28 bits per heavy atom. The van der Waals surface area contributed by atoms with Gasteiger partial charge in [0.1, 0.15) is 0 Å². The monoisotopic (exact) mass is 248 g/mol. The summed E-state index contributed by atoms with van der Waals surface area (Å²) >= 11 is 0. The number of nitro benzene ring substituents is 1. The van der Waals surface area contributed by atoms with Crippen LogP contribution >= 0.6 is 0 Å². The van der Waals surface area contributed by atoms with Crippen molar-refractivity contribution in [1.82, 2.24) is 0 Å². The van der Waals surface area contributed by atoms with Gasteiger partial charge in [0.15, 0.2) is 0 Å². The summed E-state index contributed by atoms with van der Waals surface area (Å²) in [7, 11) is 0. The molecular formula is C14H20N2O2. The fourth-order valence-corrected chi connectivity index (χ4v) is 2.64. The van der Waals surface area contributed by atoms with Crippen molar-refractivity contribution < 1.29 is 4.92 Å². The molecule has 0 amide bonds. The molecule has 1 saturated carbocycles. The number of hydrogen-bond donors (Lipinski definition) is 1. The zero-order valence-corrected chi connectivity index (χ0v) is 11.0. The fourth-order valence-electron chi connectivity index (χ4n) is 2.64. The minimum atomic E-state index is -0.367. The molecule has 4 heteroatoms. The Morgan fingerprint density at radius 2 is 1.94 bits per heavy atom. The van der Waals surface area contributed by atoms with E-state index < -0.39 is 0 Å². The minimum Gasteiger partial charge on any atom is -0.382 e. The van der Waals surface area contributed by atoms with E-state index in [-0.39, 0.29) is 10.6 Å². The van der Waals surface area contributed by atoms with Crippen LogP contribution < -0.4 is 5.32 Å². The van der Waals surface area contributed by atoms with E-state index in [1.54, 1.807) is 24.3 Å². The first kappa shape index (κ1) is 12.9. The Labute approximate surface area is 108 Å². The fraction of sp³-hybridized carbons (Fsp3) is 0.571. The van der Waals surface area contributed by atoms with E-state index in [4.69, 9.17) is 0 Å². The van der Waals surface area contributed by atoms with Gasteiger partial charge in [-0.1, -0.05) is 26.7 Å². The largest absolute Gasteiger partial charge is 0.382 e. The predicted molar refractivity (Wildman–Crippen MR) is 72.8 cm³/mol. The van der Waals surface area contributed by atoms with Crippen molar-refractivity contribution in [2.75, 3.05) is 5.32 Å². The van der Waals surface area contributed by atoms with Crippen LogP contribution in [0.4, 0.5) is 11.4 Å². The zero-order valence-electron chi connectivity index (χ0n) is 11.0. The molecule has 1 unspecified atom stereocenters. The molecule has 1 fully saturated rings. The standard InChI is InChI=1S/C14H20N2O2/c1-14(2)10-4-3-5-13(14)15-11-6-8-12(9-7-11)16(17)18/h6-9,13,15H,3-5,10H2,1-2H3. The average Bonchev–Trinajstić information content (AvgIpc) is 2.32. The van der Waals surface area contributed by atoms with Crippen LogP contribution in [0.1, 0.15) is 39.5 Å². The summed E-state index contributed by atoms with van der Waals surface area (Å²) < 4.78 is 0. The first-order valence-corrected chi connectivity index (χ1v) is 6.50. The number of nitrogens with zero attached hydrogens (tertiary/aromatic N) is 1. The second kappa shape index (κ2) is 4.96. The maximum absolute atomic E-state index is 10.6.